The number of carbonyl (C=O) groups is 1. The first-order valence-corrected chi connectivity index (χ1v) is 8.67. The minimum Gasteiger partial charge on any atom is -0.497 e. The number of rotatable bonds is 5. The highest BCUT2D eigenvalue weighted by atomic mass is 16.5. The summed E-state index contributed by atoms with van der Waals surface area (Å²) in [5, 5.41) is 13.3. The third-order valence-electron chi connectivity index (χ3n) is 4.61. The number of aromatic nitrogens is 2. The number of hydrogen-bond donors (Lipinski definition) is 1. The average molecular weight is 367 g/mol. The van der Waals surface area contributed by atoms with Crippen molar-refractivity contribution in [3.8, 4) is 17.6 Å². The Morgan fingerprint density at radius 3 is 2.67 bits per heavy atom. The van der Waals surface area contributed by atoms with Crippen LogP contribution in [0.2, 0.25) is 0 Å². The molecule has 0 spiro atoms. The maximum atomic E-state index is 13.3. The van der Waals surface area contributed by atoms with E-state index in [1.165, 1.54) is 25.1 Å². The van der Waals surface area contributed by atoms with Gasteiger partial charge in [0.2, 0.25) is 5.78 Å². The number of nitrogens with zero attached hydrogens (tertiary/aromatic N) is 4. The van der Waals surface area contributed by atoms with Crippen molar-refractivity contribution < 1.29 is 14.3 Å². The van der Waals surface area contributed by atoms with E-state index in [0.29, 0.717) is 17.1 Å². The van der Waals surface area contributed by atoms with Crippen LogP contribution in [0.4, 0.5) is 5.82 Å². The van der Waals surface area contributed by atoms with Gasteiger partial charge in [-0.15, -0.1) is 0 Å². The third kappa shape index (κ3) is 3.62. The molecule has 0 saturated heterocycles. The number of ether oxygens (including phenoxy) is 2. The lowest BCUT2D eigenvalue weighted by Crippen LogP contribution is -2.28. The molecule has 1 aromatic heterocycles. The highest BCUT2D eigenvalue weighted by Gasteiger charge is 2.26. The van der Waals surface area contributed by atoms with Crippen LogP contribution in [-0.2, 0) is 0 Å². The maximum Gasteiger partial charge on any atom is 0.233 e. The zero-order valence-corrected chi connectivity index (χ0v) is 15.3. The van der Waals surface area contributed by atoms with Gasteiger partial charge in [0.05, 0.1) is 32.0 Å². The molecule has 1 fully saturated rings. The number of hydrogen-bond acceptors (Lipinski definition) is 7. The Labute approximate surface area is 157 Å². The number of benzene rings is 1. The van der Waals surface area contributed by atoms with Crippen molar-refractivity contribution in [1.29, 1.82) is 5.26 Å². The molecule has 0 atom stereocenters. The SMILES string of the molecule is COc1ccc(C(=O)/C(=N\C2CCCC2)n2ncc(C#N)c2N)c(OC)c1. The van der Waals surface area contributed by atoms with Crippen molar-refractivity contribution in [2.24, 2.45) is 4.99 Å². The normalized spacial score (nSPS) is 14.8. The van der Waals surface area contributed by atoms with E-state index >= 15 is 0 Å². The molecule has 1 aliphatic rings. The highest BCUT2D eigenvalue weighted by Crippen LogP contribution is 2.27. The number of aliphatic imine (C=N–C) groups is 1. The Bertz CT molecular complexity index is 920. The first-order valence-electron chi connectivity index (χ1n) is 8.67. The summed E-state index contributed by atoms with van der Waals surface area (Å²) >= 11 is 0. The second-order valence-electron chi connectivity index (χ2n) is 6.25. The van der Waals surface area contributed by atoms with Crippen LogP contribution in [-0.4, -0.2) is 41.7 Å². The summed E-state index contributed by atoms with van der Waals surface area (Å²) in [7, 11) is 3.02. The molecule has 1 aliphatic carbocycles. The zero-order valence-electron chi connectivity index (χ0n) is 15.3. The Morgan fingerprint density at radius 1 is 1.33 bits per heavy atom. The quantitative estimate of drug-likeness (QED) is 0.493. The number of nitriles is 1. The minimum atomic E-state index is -0.374. The number of nitrogens with two attached hydrogens (primary N) is 1. The third-order valence-corrected chi connectivity index (χ3v) is 4.61. The van der Waals surface area contributed by atoms with Crippen LogP contribution in [0.1, 0.15) is 41.6 Å². The lowest BCUT2D eigenvalue weighted by atomic mass is 10.1. The van der Waals surface area contributed by atoms with Crippen molar-refractivity contribution >= 4 is 17.4 Å². The second kappa shape index (κ2) is 7.91. The second-order valence-corrected chi connectivity index (χ2v) is 6.25. The first-order chi connectivity index (χ1) is 13.1. The maximum absolute atomic E-state index is 13.3. The van der Waals surface area contributed by atoms with Crippen molar-refractivity contribution in [2.75, 3.05) is 20.0 Å². The summed E-state index contributed by atoms with van der Waals surface area (Å²) in [5.41, 5.74) is 6.54. The lowest BCUT2D eigenvalue weighted by molar-refractivity contribution is 0.105. The molecule has 0 bridgehead atoms. The summed E-state index contributed by atoms with van der Waals surface area (Å²) in [4.78, 5) is 18.0. The zero-order chi connectivity index (χ0) is 19.4. The van der Waals surface area contributed by atoms with E-state index in [-0.39, 0.29) is 29.0 Å². The molecule has 27 heavy (non-hydrogen) atoms. The molecule has 2 aromatic rings. The van der Waals surface area contributed by atoms with Gasteiger partial charge in [0.25, 0.3) is 0 Å². The van der Waals surface area contributed by atoms with Crippen LogP contribution >= 0.6 is 0 Å². The van der Waals surface area contributed by atoms with Gasteiger partial charge in [-0.3, -0.25) is 9.79 Å². The molecule has 0 radical (unpaired) electrons. The monoisotopic (exact) mass is 367 g/mol. The van der Waals surface area contributed by atoms with E-state index in [0.717, 1.165) is 25.7 Å². The average Bonchev–Trinajstić information content (AvgIpc) is 3.34. The smallest absolute Gasteiger partial charge is 0.233 e. The summed E-state index contributed by atoms with van der Waals surface area (Å²) < 4.78 is 11.8. The van der Waals surface area contributed by atoms with E-state index in [4.69, 9.17) is 20.5 Å². The van der Waals surface area contributed by atoms with Gasteiger partial charge >= 0.3 is 0 Å². The standard InChI is InChI=1S/C19H21N5O3/c1-26-14-7-8-15(16(9-14)27-2)17(25)19(23-13-5-3-4-6-13)24-18(21)12(10-20)11-22-24/h7-9,11,13H,3-6,21H2,1-2H3/b23-19+. The number of nitrogen functional groups attached to an aromatic ring is 1. The predicted octanol–water partition coefficient (Wildman–Crippen LogP) is 2.43. The van der Waals surface area contributed by atoms with Gasteiger partial charge in [-0.05, 0) is 25.0 Å². The van der Waals surface area contributed by atoms with Crippen molar-refractivity contribution in [3.05, 3.63) is 35.5 Å². The van der Waals surface area contributed by atoms with Gasteiger partial charge in [0.15, 0.2) is 5.84 Å². The summed E-state index contributed by atoms with van der Waals surface area (Å²) in [5.74, 6) is 0.743. The molecular formula is C19H21N5O3. The highest BCUT2D eigenvalue weighted by molar-refractivity contribution is 6.46. The van der Waals surface area contributed by atoms with Gasteiger partial charge in [-0.25, -0.2) is 0 Å². The molecule has 1 heterocycles. The minimum absolute atomic E-state index is 0.0299. The molecule has 8 nitrogen and oxygen atoms in total. The Kier molecular flexibility index (Phi) is 5.41. The topological polar surface area (TPSA) is 116 Å². The number of carbonyl (C=O) groups excluding carboxylic acids is 1. The van der Waals surface area contributed by atoms with Gasteiger partial charge in [-0.2, -0.15) is 15.0 Å². The van der Waals surface area contributed by atoms with Crippen LogP contribution in [0, 0.1) is 11.3 Å². The number of methoxy groups -OCH3 is 2. The fourth-order valence-electron chi connectivity index (χ4n) is 3.14. The van der Waals surface area contributed by atoms with Gasteiger partial charge in [0, 0.05) is 6.07 Å². The van der Waals surface area contributed by atoms with Gasteiger partial charge in [-0.1, -0.05) is 12.8 Å². The fraction of sp³-hybridized carbons (Fsp3) is 0.368. The molecule has 1 saturated carbocycles. The fourth-order valence-corrected chi connectivity index (χ4v) is 3.14. The van der Waals surface area contributed by atoms with Gasteiger partial charge < -0.3 is 15.2 Å². The molecule has 8 heteroatoms. The van der Waals surface area contributed by atoms with Gasteiger partial charge in [0.1, 0.15) is 28.9 Å². The summed E-state index contributed by atoms with van der Waals surface area (Å²) in [6.07, 6.45) is 5.28. The van der Waals surface area contributed by atoms with E-state index in [1.54, 1.807) is 18.2 Å². The molecule has 0 amide bonds. The molecule has 140 valence electrons. The van der Waals surface area contributed by atoms with E-state index < -0.39 is 0 Å². The number of anilines is 1. The summed E-state index contributed by atoms with van der Waals surface area (Å²) in [6.45, 7) is 0. The van der Waals surface area contributed by atoms with Crippen LogP contribution in [0.25, 0.3) is 0 Å². The van der Waals surface area contributed by atoms with Crippen molar-refractivity contribution in [2.45, 2.75) is 31.7 Å². The predicted molar refractivity (Wildman–Crippen MR) is 100 cm³/mol. The first kappa shape index (κ1) is 18.5. The van der Waals surface area contributed by atoms with Crippen LogP contribution in [0.5, 0.6) is 11.5 Å². The molecule has 0 unspecified atom stereocenters. The largest absolute Gasteiger partial charge is 0.497 e. The summed E-state index contributed by atoms with van der Waals surface area (Å²) in [6, 6.07) is 6.92. The van der Waals surface area contributed by atoms with E-state index in [2.05, 4.69) is 10.1 Å². The molecular weight excluding hydrogens is 346 g/mol. The molecule has 2 N–H and O–H groups in total. The van der Waals surface area contributed by atoms with E-state index in [9.17, 15) is 4.79 Å². The Balaban J connectivity index is 2.09. The van der Waals surface area contributed by atoms with E-state index in [1.807, 2.05) is 6.07 Å². The molecule has 0 aliphatic heterocycles. The van der Waals surface area contributed by atoms with Crippen molar-refractivity contribution in [3.63, 3.8) is 0 Å². The van der Waals surface area contributed by atoms with Crippen LogP contribution in [0.3, 0.4) is 0 Å². The van der Waals surface area contributed by atoms with Crippen LogP contribution < -0.4 is 15.2 Å². The van der Waals surface area contributed by atoms with Crippen molar-refractivity contribution in [1.82, 2.24) is 9.78 Å². The number of ketones is 1. The Morgan fingerprint density at radius 2 is 2.07 bits per heavy atom. The molecule has 3 rings (SSSR count). The molecule has 1 aromatic carbocycles. The van der Waals surface area contributed by atoms with Crippen LogP contribution in [0.15, 0.2) is 29.4 Å². The lowest BCUT2D eigenvalue weighted by Gasteiger charge is -2.13. The number of Topliss-reactive ketones (excluding diaryl/α,β-unsaturated/α-hetero) is 1. The Hall–Kier alpha value is -3.34.